The van der Waals surface area contributed by atoms with Gasteiger partial charge in [0.2, 0.25) is 11.8 Å². The van der Waals surface area contributed by atoms with Crippen LogP contribution in [-0.2, 0) is 16.0 Å². The van der Waals surface area contributed by atoms with E-state index in [4.69, 9.17) is 4.74 Å². The number of para-hydroxylation sites is 1. The molecule has 1 aliphatic heterocycles. The predicted octanol–water partition coefficient (Wildman–Crippen LogP) is 3.08. The average molecular weight is 397 g/mol. The van der Waals surface area contributed by atoms with E-state index >= 15 is 0 Å². The molecule has 5 heteroatoms. The van der Waals surface area contributed by atoms with Crippen LogP contribution >= 0.6 is 0 Å². The van der Waals surface area contributed by atoms with E-state index in [-0.39, 0.29) is 29.7 Å². The zero-order valence-corrected chi connectivity index (χ0v) is 17.1. The number of fused-ring (bicyclic) bond motifs is 1. The van der Waals surface area contributed by atoms with Gasteiger partial charge >= 0.3 is 0 Å². The Morgan fingerprint density at radius 3 is 2.38 bits per heavy atom. The third-order valence-corrected chi connectivity index (χ3v) is 7.69. The van der Waals surface area contributed by atoms with Gasteiger partial charge in [0.05, 0.1) is 13.2 Å². The van der Waals surface area contributed by atoms with E-state index in [2.05, 4.69) is 16.7 Å². The molecule has 1 aromatic rings. The molecule has 1 atom stereocenters. The first kappa shape index (κ1) is 19.0. The molecule has 0 aromatic heterocycles. The Labute approximate surface area is 173 Å². The van der Waals surface area contributed by atoms with Crippen LogP contribution in [0.1, 0.15) is 50.5 Å². The molecule has 4 bridgehead atoms. The Kier molecular flexibility index (Phi) is 5.00. The maximum atomic E-state index is 12.6. The lowest BCUT2D eigenvalue weighted by Crippen LogP contribution is -2.48. The SMILES string of the molecule is O=C(CNC(=O)CC12CC3CC(CC(C3)C1)C2)NCC1COc2ccccc2C1. The van der Waals surface area contributed by atoms with E-state index in [1.807, 2.05) is 18.2 Å². The van der Waals surface area contributed by atoms with Crippen LogP contribution in [0.4, 0.5) is 0 Å². The molecule has 4 saturated carbocycles. The number of hydrogen-bond donors (Lipinski definition) is 2. The molecule has 29 heavy (non-hydrogen) atoms. The highest BCUT2D eigenvalue weighted by Gasteiger charge is 2.51. The van der Waals surface area contributed by atoms with Gasteiger partial charge in [0, 0.05) is 18.9 Å². The first-order chi connectivity index (χ1) is 14.1. The third kappa shape index (κ3) is 4.15. The van der Waals surface area contributed by atoms with E-state index in [9.17, 15) is 9.59 Å². The van der Waals surface area contributed by atoms with Crippen LogP contribution < -0.4 is 15.4 Å². The second-order valence-electron chi connectivity index (χ2n) is 10.2. The highest BCUT2D eigenvalue weighted by molar-refractivity contribution is 5.85. The van der Waals surface area contributed by atoms with Gasteiger partial charge in [0.25, 0.3) is 0 Å². The topological polar surface area (TPSA) is 67.4 Å². The average Bonchev–Trinajstić information content (AvgIpc) is 2.69. The van der Waals surface area contributed by atoms with Crippen molar-refractivity contribution in [3.63, 3.8) is 0 Å². The van der Waals surface area contributed by atoms with E-state index in [0.717, 1.165) is 29.9 Å². The van der Waals surface area contributed by atoms with Crippen LogP contribution in [-0.4, -0.2) is 31.5 Å². The standard InChI is InChI=1S/C24H32N2O3/c27-22(12-24-9-16-5-17(10-24)7-18(6-16)11-24)26-14-23(28)25-13-19-8-20-3-1-2-4-21(20)29-15-19/h1-4,16-19H,5-15H2,(H,25,28)(H,26,27). The highest BCUT2D eigenvalue weighted by atomic mass is 16.5. The Balaban J connectivity index is 1.05. The van der Waals surface area contributed by atoms with Crippen molar-refractivity contribution < 1.29 is 14.3 Å². The van der Waals surface area contributed by atoms with Gasteiger partial charge in [0.15, 0.2) is 0 Å². The van der Waals surface area contributed by atoms with E-state index < -0.39 is 0 Å². The summed E-state index contributed by atoms with van der Waals surface area (Å²) in [5, 5.41) is 5.84. The predicted molar refractivity (Wildman–Crippen MR) is 110 cm³/mol. The summed E-state index contributed by atoms with van der Waals surface area (Å²) in [5.74, 6) is 3.71. The van der Waals surface area contributed by atoms with Crippen molar-refractivity contribution in [1.29, 1.82) is 0 Å². The number of amides is 2. The minimum absolute atomic E-state index is 0.0528. The zero-order valence-electron chi connectivity index (χ0n) is 17.1. The number of nitrogens with one attached hydrogen (secondary N) is 2. The molecule has 0 spiro atoms. The fourth-order valence-corrected chi connectivity index (χ4v) is 6.93. The molecule has 5 nitrogen and oxygen atoms in total. The monoisotopic (exact) mass is 396 g/mol. The third-order valence-electron chi connectivity index (χ3n) is 7.69. The number of hydrogen-bond acceptors (Lipinski definition) is 3. The van der Waals surface area contributed by atoms with Crippen LogP contribution in [0.15, 0.2) is 24.3 Å². The first-order valence-corrected chi connectivity index (χ1v) is 11.3. The molecule has 6 rings (SSSR count). The first-order valence-electron chi connectivity index (χ1n) is 11.3. The fraction of sp³-hybridized carbons (Fsp3) is 0.667. The normalized spacial score (nSPS) is 34.2. The van der Waals surface area contributed by atoms with Crippen molar-refractivity contribution >= 4 is 11.8 Å². The summed E-state index contributed by atoms with van der Waals surface area (Å²) in [6.45, 7) is 1.28. The molecule has 2 N–H and O–H groups in total. The number of carbonyl (C=O) groups excluding carboxylic acids is 2. The summed E-state index contributed by atoms with van der Waals surface area (Å²) in [7, 11) is 0. The van der Waals surface area contributed by atoms with Gasteiger partial charge in [-0.3, -0.25) is 9.59 Å². The molecule has 2 amide bonds. The molecule has 0 radical (unpaired) electrons. The maximum absolute atomic E-state index is 12.6. The molecule has 1 heterocycles. The van der Waals surface area contributed by atoms with Gasteiger partial charge < -0.3 is 15.4 Å². The van der Waals surface area contributed by atoms with Gasteiger partial charge in [-0.05, 0) is 79.7 Å². The molecule has 1 unspecified atom stereocenters. The second kappa shape index (κ2) is 7.66. The zero-order chi connectivity index (χ0) is 19.8. The van der Waals surface area contributed by atoms with Crippen LogP contribution in [0.25, 0.3) is 0 Å². The largest absolute Gasteiger partial charge is 0.493 e. The van der Waals surface area contributed by atoms with Crippen molar-refractivity contribution in [3.8, 4) is 5.75 Å². The number of rotatable bonds is 6. The second-order valence-corrected chi connectivity index (χ2v) is 10.2. The van der Waals surface area contributed by atoms with E-state index in [1.54, 1.807) is 0 Å². The maximum Gasteiger partial charge on any atom is 0.239 e. The van der Waals surface area contributed by atoms with Gasteiger partial charge in [-0.1, -0.05) is 18.2 Å². The van der Waals surface area contributed by atoms with E-state index in [1.165, 1.54) is 44.1 Å². The Bertz CT molecular complexity index is 755. The molecule has 5 aliphatic rings. The minimum Gasteiger partial charge on any atom is -0.493 e. The Hall–Kier alpha value is -2.04. The Morgan fingerprint density at radius 2 is 1.66 bits per heavy atom. The molecule has 156 valence electrons. The van der Waals surface area contributed by atoms with Crippen molar-refractivity contribution in [2.24, 2.45) is 29.1 Å². The van der Waals surface area contributed by atoms with Gasteiger partial charge in [-0.2, -0.15) is 0 Å². The lowest BCUT2D eigenvalue weighted by molar-refractivity contribution is -0.132. The number of carbonyl (C=O) groups is 2. The molecule has 0 saturated heterocycles. The Morgan fingerprint density at radius 1 is 0.966 bits per heavy atom. The van der Waals surface area contributed by atoms with Crippen LogP contribution in [0.2, 0.25) is 0 Å². The smallest absolute Gasteiger partial charge is 0.239 e. The summed E-state index contributed by atoms with van der Waals surface area (Å²) in [6.07, 6.45) is 9.35. The minimum atomic E-state index is -0.109. The quantitative estimate of drug-likeness (QED) is 0.777. The summed E-state index contributed by atoms with van der Waals surface area (Å²) in [6, 6.07) is 8.06. The molecular formula is C24H32N2O3. The van der Waals surface area contributed by atoms with Crippen molar-refractivity contribution in [1.82, 2.24) is 10.6 Å². The lowest BCUT2D eigenvalue weighted by atomic mass is 9.49. The number of ether oxygens (including phenoxy) is 1. The molecule has 4 aliphatic carbocycles. The van der Waals surface area contributed by atoms with Crippen LogP contribution in [0.5, 0.6) is 5.75 Å². The van der Waals surface area contributed by atoms with Gasteiger partial charge in [-0.25, -0.2) is 0 Å². The summed E-state index contributed by atoms with van der Waals surface area (Å²) < 4.78 is 5.78. The van der Waals surface area contributed by atoms with Crippen LogP contribution in [0.3, 0.4) is 0 Å². The summed E-state index contributed by atoms with van der Waals surface area (Å²) in [4.78, 5) is 24.8. The number of benzene rings is 1. The molecular weight excluding hydrogens is 364 g/mol. The van der Waals surface area contributed by atoms with Crippen molar-refractivity contribution in [2.75, 3.05) is 19.7 Å². The fourth-order valence-electron chi connectivity index (χ4n) is 6.93. The van der Waals surface area contributed by atoms with E-state index in [0.29, 0.717) is 19.6 Å². The van der Waals surface area contributed by atoms with Crippen molar-refractivity contribution in [2.45, 2.75) is 51.4 Å². The van der Waals surface area contributed by atoms with Gasteiger partial charge in [-0.15, -0.1) is 0 Å². The lowest BCUT2D eigenvalue weighted by Gasteiger charge is -2.56. The summed E-state index contributed by atoms with van der Waals surface area (Å²) in [5.41, 5.74) is 1.42. The molecule has 4 fully saturated rings. The molecule has 1 aromatic carbocycles. The highest BCUT2D eigenvalue weighted by Crippen LogP contribution is 2.61. The van der Waals surface area contributed by atoms with Gasteiger partial charge in [0.1, 0.15) is 5.75 Å². The van der Waals surface area contributed by atoms with Crippen molar-refractivity contribution in [3.05, 3.63) is 29.8 Å². The van der Waals surface area contributed by atoms with Crippen LogP contribution in [0, 0.1) is 29.1 Å². The summed E-state index contributed by atoms with van der Waals surface area (Å²) >= 11 is 0.